The molecule has 3 aromatic carbocycles. The Morgan fingerprint density at radius 2 is 1.70 bits per heavy atom. The summed E-state index contributed by atoms with van der Waals surface area (Å²) in [7, 11) is 0. The molecule has 0 heterocycles. The Bertz CT molecular complexity index is 1140. The number of nitrogens with one attached hydrogen (secondary N) is 2. The Morgan fingerprint density at radius 3 is 2.39 bits per heavy atom. The minimum atomic E-state index is -0.355. The molecule has 0 unspecified atom stereocenters. The third kappa shape index (κ3) is 7.89. The van der Waals surface area contributed by atoms with Gasteiger partial charge in [-0.05, 0) is 65.7 Å². The number of benzene rings is 3. The van der Waals surface area contributed by atoms with E-state index in [-0.39, 0.29) is 35.6 Å². The molecule has 2 N–H and O–H groups in total. The second kappa shape index (κ2) is 12.0. The van der Waals surface area contributed by atoms with E-state index in [4.69, 9.17) is 27.9 Å². The van der Waals surface area contributed by atoms with Gasteiger partial charge < -0.3 is 10.1 Å². The van der Waals surface area contributed by atoms with Gasteiger partial charge in [-0.25, -0.2) is 9.82 Å². The van der Waals surface area contributed by atoms with Gasteiger partial charge in [0.05, 0.1) is 16.3 Å². The summed E-state index contributed by atoms with van der Waals surface area (Å²) in [5, 5.41) is 7.18. The van der Waals surface area contributed by atoms with E-state index in [9.17, 15) is 14.0 Å². The van der Waals surface area contributed by atoms with Gasteiger partial charge in [-0.2, -0.15) is 5.10 Å². The predicted octanol–water partition coefficient (Wildman–Crippen LogP) is 4.98. The Hall–Kier alpha value is -3.42. The third-order valence-electron chi connectivity index (χ3n) is 4.42. The highest BCUT2D eigenvalue weighted by Crippen LogP contribution is 2.22. The van der Waals surface area contributed by atoms with E-state index >= 15 is 0 Å². The largest absolute Gasteiger partial charge is 0.489 e. The second-order valence-electron chi connectivity index (χ2n) is 6.91. The molecule has 0 fully saturated rings. The van der Waals surface area contributed by atoms with Crippen LogP contribution in [-0.4, -0.2) is 24.6 Å². The maximum Gasteiger partial charge on any atom is 0.251 e. The van der Waals surface area contributed by atoms with E-state index in [2.05, 4.69) is 15.8 Å². The highest BCUT2D eigenvalue weighted by Gasteiger charge is 2.08. The standard InChI is InChI=1S/C24H20Cl2FN3O3/c25-21-10-5-18(13-22(21)26)24(32)28-12-11-23(31)30-29-14-16-3-8-20(9-4-16)33-15-17-1-6-19(27)7-2-17/h1-10,13-14H,11-12,15H2,(H,28,32)(H,30,31). The van der Waals surface area contributed by atoms with Crippen molar-refractivity contribution < 1.29 is 18.7 Å². The van der Waals surface area contributed by atoms with Crippen LogP contribution < -0.4 is 15.5 Å². The average Bonchev–Trinajstić information content (AvgIpc) is 2.81. The summed E-state index contributed by atoms with van der Waals surface area (Å²) in [5.74, 6) is -0.340. The van der Waals surface area contributed by atoms with E-state index in [1.54, 1.807) is 42.5 Å². The minimum Gasteiger partial charge on any atom is -0.489 e. The van der Waals surface area contributed by atoms with Crippen LogP contribution in [0.2, 0.25) is 10.0 Å². The van der Waals surface area contributed by atoms with Crippen molar-refractivity contribution in [3.63, 3.8) is 0 Å². The normalized spacial score (nSPS) is 10.8. The van der Waals surface area contributed by atoms with Crippen LogP contribution in [0.3, 0.4) is 0 Å². The Labute approximate surface area is 200 Å². The molecule has 0 atom stereocenters. The van der Waals surface area contributed by atoms with Gasteiger partial charge in [-0.15, -0.1) is 0 Å². The number of carbonyl (C=O) groups is 2. The molecule has 9 heteroatoms. The van der Waals surface area contributed by atoms with Gasteiger partial charge >= 0.3 is 0 Å². The summed E-state index contributed by atoms with van der Waals surface area (Å²) in [4.78, 5) is 23.9. The lowest BCUT2D eigenvalue weighted by Crippen LogP contribution is -2.29. The molecule has 0 radical (unpaired) electrons. The third-order valence-corrected chi connectivity index (χ3v) is 5.16. The van der Waals surface area contributed by atoms with Crippen molar-refractivity contribution in [2.45, 2.75) is 13.0 Å². The molecule has 3 rings (SSSR count). The van der Waals surface area contributed by atoms with Crippen LogP contribution in [0, 0.1) is 5.82 Å². The van der Waals surface area contributed by atoms with Crippen molar-refractivity contribution in [2.24, 2.45) is 5.10 Å². The van der Waals surface area contributed by atoms with E-state index < -0.39 is 0 Å². The highest BCUT2D eigenvalue weighted by atomic mass is 35.5. The molecule has 0 aliphatic heterocycles. The Morgan fingerprint density at radius 1 is 0.970 bits per heavy atom. The molecule has 0 saturated heterocycles. The molecule has 0 saturated carbocycles. The summed E-state index contributed by atoms with van der Waals surface area (Å²) in [6, 6.07) is 17.7. The van der Waals surface area contributed by atoms with Crippen LogP contribution in [-0.2, 0) is 11.4 Å². The number of ether oxygens (including phenoxy) is 1. The number of hydrogen-bond acceptors (Lipinski definition) is 4. The summed E-state index contributed by atoms with van der Waals surface area (Å²) >= 11 is 11.7. The maximum absolute atomic E-state index is 12.9. The van der Waals surface area contributed by atoms with Crippen LogP contribution in [0.5, 0.6) is 5.75 Å². The van der Waals surface area contributed by atoms with Crippen molar-refractivity contribution in [2.75, 3.05) is 6.54 Å². The van der Waals surface area contributed by atoms with Gasteiger partial charge in [0.15, 0.2) is 0 Å². The van der Waals surface area contributed by atoms with Gasteiger partial charge in [0.2, 0.25) is 5.91 Å². The van der Waals surface area contributed by atoms with Crippen molar-refractivity contribution in [1.82, 2.24) is 10.7 Å². The number of halogens is 3. The minimum absolute atomic E-state index is 0.0561. The molecule has 0 aliphatic carbocycles. The fourth-order valence-electron chi connectivity index (χ4n) is 2.66. The number of rotatable bonds is 9. The molecule has 33 heavy (non-hydrogen) atoms. The molecule has 0 aromatic heterocycles. The number of amides is 2. The van der Waals surface area contributed by atoms with Gasteiger partial charge in [-0.3, -0.25) is 9.59 Å². The van der Waals surface area contributed by atoms with Crippen molar-refractivity contribution in [3.05, 3.63) is 99.3 Å². The van der Waals surface area contributed by atoms with Crippen LogP contribution in [0.15, 0.2) is 71.8 Å². The van der Waals surface area contributed by atoms with E-state index in [0.29, 0.717) is 22.9 Å². The molecule has 170 valence electrons. The van der Waals surface area contributed by atoms with Gasteiger partial charge in [0.25, 0.3) is 5.91 Å². The molecule has 6 nitrogen and oxygen atoms in total. The van der Waals surface area contributed by atoms with Crippen molar-refractivity contribution in [3.8, 4) is 5.75 Å². The Balaban J connectivity index is 1.37. The first-order chi connectivity index (χ1) is 15.9. The fourth-order valence-corrected chi connectivity index (χ4v) is 2.96. The molecule has 3 aromatic rings. The number of carbonyl (C=O) groups excluding carboxylic acids is 2. The highest BCUT2D eigenvalue weighted by molar-refractivity contribution is 6.42. The van der Waals surface area contributed by atoms with Crippen LogP contribution >= 0.6 is 23.2 Å². The summed E-state index contributed by atoms with van der Waals surface area (Å²) in [5.41, 5.74) is 4.38. The summed E-state index contributed by atoms with van der Waals surface area (Å²) < 4.78 is 18.6. The smallest absolute Gasteiger partial charge is 0.251 e. The van der Waals surface area contributed by atoms with Crippen molar-refractivity contribution >= 4 is 41.2 Å². The molecule has 0 bridgehead atoms. The first-order valence-corrected chi connectivity index (χ1v) is 10.7. The first-order valence-electron chi connectivity index (χ1n) is 9.93. The van der Waals surface area contributed by atoms with Crippen LogP contribution in [0.25, 0.3) is 0 Å². The zero-order valence-electron chi connectivity index (χ0n) is 17.4. The zero-order chi connectivity index (χ0) is 23.6. The first kappa shape index (κ1) is 24.2. The fraction of sp³-hybridized carbons (Fsp3) is 0.125. The van der Waals surface area contributed by atoms with Gasteiger partial charge in [0.1, 0.15) is 18.2 Å². The van der Waals surface area contributed by atoms with E-state index in [1.807, 2.05) is 0 Å². The number of nitrogens with zero attached hydrogens (tertiary/aromatic N) is 1. The summed E-state index contributed by atoms with van der Waals surface area (Å²) in [6.07, 6.45) is 1.55. The molecular formula is C24H20Cl2FN3O3. The van der Waals surface area contributed by atoms with E-state index in [1.165, 1.54) is 30.5 Å². The molecule has 2 amide bonds. The zero-order valence-corrected chi connectivity index (χ0v) is 18.9. The molecular weight excluding hydrogens is 468 g/mol. The van der Waals surface area contributed by atoms with Crippen molar-refractivity contribution in [1.29, 1.82) is 0 Å². The van der Waals surface area contributed by atoms with Gasteiger partial charge in [-0.1, -0.05) is 35.3 Å². The lowest BCUT2D eigenvalue weighted by Gasteiger charge is -2.06. The van der Waals surface area contributed by atoms with E-state index in [0.717, 1.165) is 11.1 Å². The lowest BCUT2D eigenvalue weighted by molar-refractivity contribution is -0.120. The van der Waals surface area contributed by atoms with Crippen LogP contribution in [0.4, 0.5) is 4.39 Å². The van der Waals surface area contributed by atoms with Gasteiger partial charge in [0, 0.05) is 18.5 Å². The summed E-state index contributed by atoms with van der Waals surface area (Å²) in [6.45, 7) is 0.464. The molecule has 0 spiro atoms. The lowest BCUT2D eigenvalue weighted by atomic mass is 10.2. The Kier molecular flexibility index (Phi) is 8.80. The van der Waals surface area contributed by atoms with Crippen LogP contribution in [0.1, 0.15) is 27.9 Å². The predicted molar refractivity (Wildman–Crippen MR) is 126 cm³/mol. The second-order valence-corrected chi connectivity index (χ2v) is 7.73. The average molecular weight is 488 g/mol. The number of hydrogen-bond donors (Lipinski definition) is 2. The monoisotopic (exact) mass is 487 g/mol. The molecule has 0 aliphatic rings. The quantitative estimate of drug-likeness (QED) is 0.329. The topological polar surface area (TPSA) is 79.8 Å². The SMILES string of the molecule is O=C(CCNC(=O)c1ccc(Cl)c(Cl)c1)NN=Cc1ccc(OCc2ccc(F)cc2)cc1. The maximum atomic E-state index is 12.9. The number of hydrazone groups is 1.